The predicted molar refractivity (Wildman–Crippen MR) is 84.0 cm³/mol. The van der Waals surface area contributed by atoms with Crippen LogP contribution in [0.3, 0.4) is 0 Å². The van der Waals surface area contributed by atoms with Crippen LogP contribution in [0.4, 0.5) is 9.39 Å². The molecule has 2 aromatic rings. The van der Waals surface area contributed by atoms with Gasteiger partial charge in [0.1, 0.15) is 5.82 Å². The summed E-state index contributed by atoms with van der Waals surface area (Å²) in [5.74, 6) is -0.628. The van der Waals surface area contributed by atoms with E-state index in [9.17, 15) is 19.3 Å². The number of carbonyl (C=O) groups is 1. The van der Waals surface area contributed by atoms with Crippen LogP contribution >= 0.6 is 11.3 Å². The molecule has 0 aliphatic carbocycles. The lowest BCUT2D eigenvalue weighted by Gasteiger charge is -2.36. The number of nitrogens with one attached hydrogen (secondary N) is 1. The molecule has 0 bridgehead atoms. The molecule has 0 saturated carbocycles. The highest BCUT2D eigenvalue weighted by atomic mass is 32.1. The third-order valence-electron chi connectivity index (χ3n) is 3.75. The summed E-state index contributed by atoms with van der Waals surface area (Å²) in [5, 5.41) is 15.4. The molecular formula is C15H14FN3O3S. The highest BCUT2D eigenvalue weighted by molar-refractivity contribution is 7.13. The summed E-state index contributed by atoms with van der Waals surface area (Å²) in [6.45, 7) is 1.61. The summed E-state index contributed by atoms with van der Waals surface area (Å²) in [7, 11) is 0. The Morgan fingerprint density at radius 3 is 2.96 bits per heavy atom. The summed E-state index contributed by atoms with van der Waals surface area (Å²) < 4.78 is 13.5. The van der Waals surface area contributed by atoms with Crippen LogP contribution in [0.5, 0.6) is 0 Å². The second kappa shape index (κ2) is 6.43. The first-order valence-electron chi connectivity index (χ1n) is 7.06. The lowest BCUT2D eigenvalue weighted by molar-refractivity contribution is -0.380. The summed E-state index contributed by atoms with van der Waals surface area (Å²) in [6.07, 6.45) is 0. The Kier molecular flexibility index (Phi) is 4.35. The van der Waals surface area contributed by atoms with Gasteiger partial charge in [0.2, 0.25) is 0 Å². The summed E-state index contributed by atoms with van der Waals surface area (Å²) >= 11 is 0.927. The molecule has 0 spiro atoms. The number of piperazine rings is 1. The third kappa shape index (κ3) is 3.22. The standard InChI is InChI=1S/C15H14FN3O3S/c16-12-3-1-2-10(6-12)13-8-17-4-5-18(13)15(20)11-7-14(19(21)22)23-9-11/h1-3,6-7,9,13,17H,4-5,8H2. The molecule has 1 aromatic carbocycles. The Morgan fingerprint density at radius 2 is 2.26 bits per heavy atom. The average molecular weight is 335 g/mol. The number of halogens is 1. The Balaban J connectivity index is 1.88. The van der Waals surface area contributed by atoms with E-state index in [4.69, 9.17) is 0 Å². The van der Waals surface area contributed by atoms with Crippen LogP contribution in [0.1, 0.15) is 22.0 Å². The van der Waals surface area contributed by atoms with Gasteiger partial charge in [-0.3, -0.25) is 14.9 Å². The Bertz CT molecular complexity index is 749. The molecule has 6 nitrogen and oxygen atoms in total. The number of rotatable bonds is 3. The van der Waals surface area contributed by atoms with Crippen LogP contribution in [0.25, 0.3) is 0 Å². The first kappa shape index (κ1) is 15.6. The highest BCUT2D eigenvalue weighted by Crippen LogP contribution is 2.28. The van der Waals surface area contributed by atoms with E-state index in [-0.39, 0.29) is 22.8 Å². The zero-order chi connectivity index (χ0) is 16.4. The van der Waals surface area contributed by atoms with Gasteiger partial charge in [0.25, 0.3) is 5.91 Å². The number of hydrogen-bond donors (Lipinski definition) is 1. The molecule has 1 N–H and O–H groups in total. The van der Waals surface area contributed by atoms with E-state index < -0.39 is 4.92 Å². The minimum atomic E-state index is -0.511. The lowest BCUT2D eigenvalue weighted by Crippen LogP contribution is -2.48. The van der Waals surface area contributed by atoms with Crippen LogP contribution in [0.15, 0.2) is 35.7 Å². The minimum absolute atomic E-state index is 0.0641. The maximum Gasteiger partial charge on any atom is 0.324 e. The molecule has 23 heavy (non-hydrogen) atoms. The average Bonchev–Trinajstić information content (AvgIpc) is 3.04. The fraction of sp³-hybridized carbons (Fsp3) is 0.267. The van der Waals surface area contributed by atoms with E-state index in [1.54, 1.807) is 17.0 Å². The molecule has 120 valence electrons. The molecule has 2 heterocycles. The van der Waals surface area contributed by atoms with E-state index in [0.717, 1.165) is 11.3 Å². The van der Waals surface area contributed by atoms with Crippen molar-refractivity contribution in [2.45, 2.75) is 6.04 Å². The highest BCUT2D eigenvalue weighted by Gasteiger charge is 2.30. The van der Waals surface area contributed by atoms with Gasteiger partial charge in [0.15, 0.2) is 0 Å². The molecule has 0 radical (unpaired) electrons. The smallest absolute Gasteiger partial charge is 0.324 e. The second-order valence-corrected chi connectivity index (χ2v) is 6.09. The van der Waals surface area contributed by atoms with Crippen molar-refractivity contribution in [1.29, 1.82) is 0 Å². The minimum Gasteiger partial charge on any atom is -0.329 e. The van der Waals surface area contributed by atoms with Crippen molar-refractivity contribution in [3.8, 4) is 0 Å². The number of amides is 1. The number of thiophene rings is 1. The van der Waals surface area contributed by atoms with Gasteiger partial charge in [-0.1, -0.05) is 23.5 Å². The SMILES string of the molecule is O=C(c1csc([N+](=O)[O-])c1)N1CCNCC1c1cccc(F)c1. The summed E-state index contributed by atoms with van der Waals surface area (Å²) in [6, 6.07) is 7.14. The van der Waals surface area contributed by atoms with E-state index in [1.807, 2.05) is 0 Å². The maximum atomic E-state index is 13.5. The molecule has 1 aliphatic heterocycles. The third-order valence-corrected chi connectivity index (χ3v) is 4.63. The van der Waals surface area contributed by atoms with Crippen molar-refractivity contribution < 1.29 is 14.1 Å². The van der Waals surface area contributed by atoms with Crippen LogP contribution in [0.2, 0.25) is 0 Å². The molecule has 8 heteroatoms. The maximum absolute atomic E-state index is 13.5. The zero-order valence-corrected chi connectivity index (χ0v) is 12.9. The Labute approximate surface area is 135 Å². The summed E-state index contributed by atoms with van der Waals surface area (Å²) in [5.41, 5.74) is 1.00. The van der Waals surface area contributed by atoms with Gasteiger partial charge in [-0.2, -0.15) is 0 Å². The molecule has 3 rings (SSSR count). The van der Waals surface area contributed by atoms with Crippen LogP contribution in [0, 0.1) is 15.9 Å². The van der Waals surface area contributed by atoms with Crippen LogP contribution < -0.4 is 5.32 Å². The lowest BCUT2D eigenvalue weighted by atomic mass is 10.0. The van der Waals surface area contributed by atoms with Gasteiger partial charge >= 0.3 is 5.00 Å². The summed E-state index contributed by atoms with van der Waals surface area (Å²) in [4.78, 5) is 24.6. The number of carbonyl (C=O) groups excluding carboxylic acids is 1. The molecule has 1 unspecified atom stereocenters. The molecule has 1 aromatic heterocycles. The van der Waals surface area contributed by atoms with E-state index in [1.165, 1.54) is 23.6 Å². The Hall–Kier alpha value is -2.32. The van der Waals surface area contributed by atoms with Crippen molar-refractivity contribution >= 4 is 22.2 Å². The van der Waals surface area contributed by atoms with E-state index >= 15 is 0 Å². The van der Waals surface area contributed by atoms with Gasteiger partial charge in [-0.15, -0.1) is 0 Å². The molecule has 1 aliphatic rings. The van der Waals surface area contributed by atoms with E-state index in [0.29, 0.717) is 30.8 Å². The molecule has 1 amide bonds. The predicted octanol–water partition coefficient (Wildman–Crippen LogP) is 2.58. The fourth-order valence-electron chi connectivity index (χ4n) is 2.66. The molecule has 1 atom stereocenters. The first-order valence-corrected chi connectivity index (χ1v) is 7.94. The van der Waals surface area contributed by atoms with E-state index in [2.05, 4.69) is 5.32 Å². The number of hydrogen-bond acceptors (Lipinski definition) is 5. The monoisotopic (exact) mass is 335 g/mol. The van der Waals surface area contributed by atoms with Crippen molar-refractivity contribution in [3.63, 3.8) is 0 Å². The van der Waals surface area contributed by atoms with Gasteiger partial charge in [-0.25, -0.2) is 4.39 Å². The normalized spacial score (nSPS) is 18.0. The van der Waals surface area contributed by atoms with Gasteiger partial charge in [0, 0.05) is 31.1 Å². The topological polar surface area (TPSA) is 75.5 Å². The second-order valence-electron chi connectivity index (χ2n) is 5.20. The zero-order valence-electron chi connectivity index (χ0n) is 12.1. The van der Waals surface area contributed by atoms with Crippen molar-refractivity contribution in [2.24, 2.45) is 0 Å². The number of nitrogens with zero attached hydrogens (tertiary/aromatic N) is 2. The molecular weight excluding hydrogens is 321 g/mol. The number of benzene rings is 1. The first-order chi connectivity index (χ1) is 11.1. The fourth-order valence-corrected chi connectivity index (χ4v) is 3.36. The van der Waals surface area contributed by atoms with Gasteiger partial charge in [-0.05, 0) is 17.7 Å². The van der Waals surface area contributed by atoms with Crippen molar-refractivity contribution in [1.82, 2.24) is 10.2 Å². The largest absolute Gasteiger partial charge is 0.329 e. The number of nitro groups is 1. The molecule has 1 fully saturated rings. The quantitative estimate of drug-likeness (QED) is 0.691. The van der Waals surface area contributed by atoms with Crippen molar-refractivity contribution in [2.75, 3.05) is 19.6 Å². The van der Waals surface area contributed by atoms with Crippen LogP contribution in [-0.2, 0) is 0 Å². The van der Waals surface area contributed by atoms with Gasteiger partial charge < -0.3 is 10.2 Å². The molecule has 1 saturated heterocycles. The van der Waals surface area contributed by atoms with Crippen molar-refractivity contribution in [3.05, 3.63) is 62.8 Å². The van der Waals surface area contributed by atoms with Gasteiger partial charge in [0.05, 0.1) is 16.5 Å². The Morgan fingerprint density at radius 1 is 1.43 bits per heavy atom. The van der Waals surface area contributed by atoms with Crippen LogP contribution in [-0.4, -0.2) is 35.4 Å².